The fourth-order valence-corrected chi connectivity index (χ4v) is 2.19. The topological polar surface area (TPSA) is 85.2 Å². The Morgan fingerprint density at radius 1 is 1.16 bits per heavy atom. The molecule has 0 aliphatic rings. The van der Waals surface area contributed by atoms with E-state index in [1.165, 1.54) is 29.1 Å². The number of carbonyl (C=O) groups excluding carboxylic acids is 2. The van der Waals surface area contributed by atoms with Gasteiger partial charge in [0, 0.05) is 6.42 Å². The lowest BCUT2D eigenvalue weighted by Gasteiger charge is -2.06. The molecule has 8 heteroatoms. The SMILES string of the molecule is O=C(N=C(Cc1cc(O)ccc1F)C(=O)OI)OCc1ccccc1. The van der Waals surface area contributed by atoms with Crippen molar-refractivity contribution >= 4 is 40.8 Å². The minimum absolute atomic E-state index is 0.00332. The van der Waals surface area contributed by atoms with Gasteiger partial charge in [-0.25, -0.2) is 14.0 Å². The molecule has 0 heterocycles. The van der Waals surface area contributed by atoms with Crippen LogP contribution >= 0.6 is 23.0 Å². The number of nitrogens with zero attached hydrogens (tertiary/aromatic N) is 1. The molecule has 0 radical (unpaired) electrons. The Morgan fingerprint density at radius 3 is 2.56 bits per heavy atom. The third-order valence-electron chi connectivity index (χ3n) is 3.12. The van der Waals surface area contributed by atoms with Crippen LogP contribution in [0.1, 0.15) is 11.1 Å². The summed E-state index contributed by atoms with van der Waals surface area (Å²) in [7, 11) is 0. The van der Waals surface area contributed by atoms with Crippen molar-refractivity contribution in [3.8, 4) is 5.75 Å². The van der Waals surface area contributed by atoms with Gasteiger partial charge in [-0.3, -0.25) is 0 Å². The molecule has 2 aromatic carbocycles. The molecule has 1 N–H and O–H groups in total. The number of phenols is 1. The molecule has 0 aliphatic heterocycles. The highest BCUT2D eigenvalue weighted by atomic mass is 127. The van der Waals surface area contributed by atoms with Gasteiger partial charge in [-0.2, -0.15) is 4.99 Å². The first kappa shape index (κ1) is 18.8. The predicted octanol–water partition coefficient (Wildman–Crippen LogP) is 3.74. The summed E-state index contributed by atoms with van der Waals surface area (Å²) in [6.07, 6.45) is -1.33. The van der Waals surface area contributed by atoms with Crippen molar-refractivity contribution in [3.05, 3.63) is 65.5 Å². The standard InChI is InChI=1S/C17H13FINO5/c18-14-7-6-13(21)8-12(14)9-15(16(22)25-19)20-17(23)24-10-11-4-2-1-3-5-11/h1-8,21H,9-10H2. The predicted molar refractivity (Wildman–Crippen MR) is 95.9 cm³/mol. The van der Waals surface area contributed by atoms with E-state index in [1.54, 1.807) is 24.3 Å². The second-order valence-electron chi connectivity index (χ2n) is 4.92. The maximum atomic E-state index is 13.8. The van der Waals surface area contributed by atoms with E-state index < -0.39 is 17.9 Å². The van der Waals surface area contributed by atoms with E-state index in [1.807, 2.05) is 6.07 Å². The Labute approximate surface area is 157 Å². The minimum atomic E-state index is -0.999. The quantitative estimate of drug-likeness (QED) is 0.547. The molecule has 0 fully saturated rings. The molecule has 0 atom stereocenters. The average molecular weight is 457 g/mol. The highest BCUT2D eigenvalue weighted by Gasteiger charge is 2.18. The first-order chi connectivity index (χ1) is 12.0. The van der Waals surface area contributed by atoms with Crippen molar-refractivity contribution in [2.24, 2.45) is 4.99 Å². The van der Waals surface area contributed by atoms with Crippen molar-refractivity contribution in [3.63, 3.8) is 0 Å². The number of hydrogen-bond acceptors (Lipinski definition) is 5. The number of carbonyl (C=O) groups is 2. The summed E-state index contributed by atoms with van der Waals surface area (Å²) in [5.41, 5.74) is 0.413. The number of phenolic OH excluding ortho intramolecular Hbond substituents is 1. The molecule has 0 unspecified atom stereocenters. The summed E-state index contributed by atoms with van der Waals surface area (Å²) in [6, 6.07) is 12.3. The lowest BCUT2D eigenvalue weighted by Crippen LogP contribution is -2.19. The maximum absolute atomic E-state index is 13.8. The first-order valence-corrected chi connectivity index (χ1v) is 7.96. The van der Waals surface area contributed by atoms with Crippen molar-refractivity contribution in [1.82, 2.24) is 0 Å². The molecule has 0 aliphatic carbocycles. The van der Waals surface area contributed by atoms with Gasteiger partial charge in [0.05, 0.1) is 0 Å². The number of amides is 1. The lowest BCUT2D eigenvalue weighted by atomic mass is 10.1. The van der Waals surface area contributed by atoms with Crippen molar-refractivity contribution in [2.75, 3.05) is 0 Å². The fourth-order valence-electron chi connectivity index (χ4n) is 1.94. The van der Waals surface area contributed by atoms with E-state index in [-0.39, 0.29) is 30.1 Å². The Bertz CT molecular complexity index is 795. The van der Waals surface area contributed by atoms with Gasteiger partial charge in [0.15, 0.2) is 23.0 Å². The van der Waals surface area contributed by atoms with Crippen LogP contribution in [-0.4, -0.2) is 22.9 Å². The van der Waals surface area contributed by atoms with E-state index in [4.69, 9.17) is 4.74 Å². The van der Waals surface area contributed by atoms with Crippen LogP contribution in [-0.2, 0) is 25.6 Å². The minimum Gasteiger partial charge on any atom is -0.508 e. The zero-order valence-corrected chi connectivity index (χ0v) is 15.0. The summed E-state index contributed by atoms with van der Waals surface area (Å²) in [5.74, 6) is -1.73. The van der Waals surface area contributed by atoms with Crippen LogP contribution < -0.4 is 0 Å². The molecule has 0 saturated heterocycles. The highest BCUT2D eigenvalue weighted by molar-refractivity contribution is 14.1. The zero-order chi connectivity index (χ0) is 18.2. The van der Waals surface area contributed by atoms with E-state index >= 15 is 0 Å². The highest BCUT2D eigenvalue weighted by Crippen LogP contribution is 2.17. The average Bonchev–Trinajstić information content (AvgIpc) is 2.62. The van der Waals surface area contributed by atoms with Crippen LogP contribution in [0.5, 0.6) is 5.75 Å². The third-order valence-corrected chi connectivity index (χ3v) is 3.52. The molecule has 0 aromatic heterocycles. The number of aliphatic imine (C=N–C) groups is 1. The number of halogens is 2. The number of aromatic hydroxyl groups is 1. The van der Waals surface area contributed by atoms with Crippen LogP contribution in [0.2, 0.25) is 0 Å². The second kappa shape index (κ2) is 9.11. The van der Waals surface area contributed by atoms with E-state index in [0.29, 0.717) is 0 Å². The first-order valence-electron chi connectivity index (χ1n) is 7.08. The van der Waals surface area contributed by atoms with Crippen LogP contribution in [0.25, 0.3) is 0 Å². The second-order valence-corrected chi connectivity index (χ2v) is 5.36. The number of ether oxygens (including phenoxy) is 1. The summed E-state index contributed by atoms with van der Waals surface area (Å²) in [5, 5.41) is 9.42. The fraction of sp³-hybridized carbons (Fsp3) is 0.118. The normalized spacial score (nSPS) is 11.0. The van der Waals surface area contributed by atoms with Gasteiger partial charge in [-0.05, 0) is 29.3 Å². The summed E-state index contributed by atoms with van der Waals surface area (Å²) in [4.78, 5) is 27.2. The van der Waals surface area contributed by atoms with Gasteiger partial charge in [-0.1, -0.05) is 30.3 Å². The summed E-state index contributed by atoms with van der Waals surface area (Å²) < 4.78 is 23.3. The van der Waals surface area contributed by atoms with Crippen LogP contribution in [0.3, 0.4) is 0 Å². The molecular weight excluding hydrogens is 444 g/mol. The smallest absolute Gasteiger partial charge is 0.434 e. The lowest BCUT2D eigenvalue weighted by molar-refractivity contribution is -0.124. The van der Waals surface area contributed by atoms with Gasteiger partial charge in [-0.15, -0.1) is 0 Å². The Hall–Kier alpha value is -2.49. The number of benzene rings is 2. The maximum Gasteiger partial charge on any atom is 0.434 e. The number of hydrogen-bond donors (Lipinski definition) is 1. The Kier molecular flexibility index (Phi) is 6.87. The molecule has 130 valence electrons. The van der Waals surface area contributed by atoms with Gasteiger partial charge >= 0.3 is 12.1 Å². The monoisotopic (exact) mass is 457 g/mol. The number of rotatable bonds is 5. The van der Waals surface area contributed by atoms with Crippen LogP contribution in [0, 0.1) is 5.82 Å². The van der Waals surface area contributed by atoms with Crippen molar-refractivity contribution in [1.29, 1.82) is 0 Å². The molecule has 6 nitrogen and oxygen atoms in total. The Morgan fingerprint density at radius 2 is 1.88 bits per heavy atom. The zero-order valence-electron chi connectivity index (χ0n) is 12.8. The van der Waals surface area contributed by atoms with Gasteiger partial charge in [0.25, 0.3) is 0 Å². The molecule has 0 saturated carbocycles. The van der Waals surface area contributed by atoms with Crippen LogP contribution in [0.15, 0.2) is 53.5 Å². The van der Waals surface area contributed by atoms with E-state index in [9.17, 15) is 19.1 Å². The van der Waals surface area contributed by atoms with Gasteiger partial charge < -0.3 is 12.9 Å². The molecular formula is C17H13FINO5. The van der Waals surface area contributed by atoms with E-state index in [2.05, 4.69) is 8.06 Å². The van der Waals surface area contributed by atoms with Crippen molar-refractivity contribution < 1.29 is 26.9 Å². The third kappa shape index (κ3) is 5.82. The summed E-state index contributed by atoms with van der Waals surface area (Å²) in [6.45, 7) is -0.0176. The van der Waals surface area contributed by atoms with Crippen molar-refractivity contribution in [2.45, 2.75) is 13.0 Å². The van der Waals surface area contributed by atoms with Gasteiger partial charge in [0.1, 0.15) is 23.9 Å². The molecule has 0 bridgehead atoms. The molecule has 0 spiro atoms. The largest absolute Gasteiger partial charge is 0.508 e. The molecule has 25 heavy (non-hydrogen) atoms. The molecule has 2 aromatic rings. The molecule has 1 amide bonds. The Balaban J connectivity index is 2.13. The summed E-state index contributed by atoms with van der Waals surface area (Å²) >= 11 is 1.34. The molecule has 2 rings (SSSR count). The van der Waals surface area contributed by atoms with Gasteiger partial charge in [0.2, 0.25) is 0 Å². The van der Waals surface area contributed by atoms with Crippen LogP contribution in [0.4, 0.5) is 9.18 Å². The van der Waals surface area contributed by atoms with E-state index in [0.717, 1.165) is 17.7 Å².